The van der Waals surface area contributed by atoms with Crippen molar-refractivity contribution < 1.29 is 14.1 Å². The number of nitrogens with zero attached hydrogens (tertiary/aromatic N) is 1. The average molecular weight is 594 g/mol. The third kappa shape index (κ3) is 4.76. The number of hydrogen-bond donors (Lipinski definition) is 1. The lowest BCUT2D eigenvalue weighted by molar-refractivity contribution is -0.387. The van der Waals surface area contributed by atoms with E-state index in [-0.39, 0.29) is 34.4 Å². The van der Waals surface area contributed by atoms with Gasteiger partial charge in [0.1, 0.15) is 5.82 Å². The van der Waals surface area contributed by atoms with Gasteiger partial charge in [-0.25, -0.2) is 4.39 Å². The van der Waals surface area contributed by atoms with Gasteiger partial charge < -0.3 is 5.32 Å². The number of ketones is 1. The normalized spacial score (nSPS) is 23.1. The number of nitro groups is 1. The summed E-state index contributed by atoms with van der Waals surface area (Å²) in [7, 11) is 0. The van der Waals surface area contributed by atoms with Crippen molar-refractivity contribution in [1.29, 1.82) is 0 Å². The van der Waals surface area contributed by atoms with Gasteiger partial charge in [-0.2, -0.15) is 0 Å². The van der Waals surface area contributed by atoms with Crippen LogP contribution in [0.4, 0.5) is 15.8 Å². The highest BCUT2D eigenvalue weighted by atomic mass is 35.5. The smallest absolute Gasteiger partial charge is 0.282 e. The number of alkyl halides is 1. The fraction of sp³-hybridized carbons (Fsp3) is 0.194. The van der Waals surface area contributed by atoms with Crippen LogP contribution in [0.5, 0.6) is 0 Å². The Labute approximate surface area is 244 Å². The van der Waals surface area contributed by atoms with E-state index >= 15 is 4.39 Å². The molecule has 5 atom stereocenters. The predicted molar refractivity (Wildman–Crippen MR) is 157 cm³/mol. The van der Waals surface area contributed by atoms with E-state index in [1.54, 1.807) is 66.7 Å². The van der Waals surface area contributed by atoms with Crippen LogP contribution in [0.25, 0.3) is 0 Å². The minimum atomic E-state index is -0.472. The van der Waals surface area contributed by atoms with Gasteiger partial charge in [0.05, 0.1) is 21.2 Å². The number of carbonyl (C=O) groups excluding carboxylic acids is 1. The van der Waals surface area contributed by atoms with Crippen molar-refractivity contribution in [3.8, 4) is 0 Å². The molecule has 1 fully saturated rings. The Balaban J connectivity index is 1.47. The zero-order valence-electron chi connectivity index (χ0n) is 21.0. The van der Waals surface area contributed by atoms with E-state index in [4.69, 9.17) is 23.2 Å². The van der Waals surface area contributed by atoms with Gasteiger partial charge in [0.15, 0.2) is 5.78 Å². The van der Waals surface area contributed by atoms with E-state index in [2.05, 4.69) is 5.32 Å². The summed E-state index contributed by atoms with van der Waals surface area (Å²) in [5.74, 6) is -0.977. The van der Waals surface area contributed by atoms with Crippen molar-refractivity contribution in [3.63, 3.8) is 0 Å². The number of halogens is 3. The number of hydrogen-bond acceptors (Lipinski definition) is 5. The van der Waals surface area contributed by atoms with Crippen LogP contribution in [0.2, 0.25) is 5.02 Å². The zero-order valence-corrected chi connectivity index (χ0v) is 23.3. The number of nitrogens with one attached hydrogen (secondary N) is 1. The molecule has 1 aliphatic carbocycles. The van der Waals surface area contributed by atoms with Crippen molar-refractivity contribution in [2.45, 2.75) is 33.9 Å². The van der Waals surface area contributed by atoms with E-state index in [1.165, 1.54) is 23.9 Å². The van der Waals surface area contributed by atoms with Gasteiger partial charge in [-0.3, -0.25) is 14.9 Å². The summed E-state index contributed by atoms with van der Waals surface area (Å²) in [5, 5.41) is 14.9. The highest BCUT2D eigenvalue weighted by molar-refractivity contribution is 8.00. The standard InChI is InChI=1S/C31H23Cl2FN2O3S/c32-18-14-20-27-21(16-26(28(27)33)40-25-13-7-6-12-24(25)36(38)39)29(19-10-4-5-11-23(19)34)35-30(20)22(15-18)31(37)17-8-2-1-3-9-17/h1-15,21,26-29,35H,16H2/t21-,26+,27+,28+,29-/m0/s1. The molecule has 5 nitrogen and oxygen atoms in total. The summed E-state index contributed by atoms with van der Waals surface area (Å²) >= 11 is 15.2. The van der Waals surface area contributed by atoms with E-state index in [9.17, 15) is 14.9 Å². The number of rotatable bonds is 6. The summed E-state index contributed by atoms with van der Waals surface area (Å²) in [6.45, 7) is 0. The van der Waals surface area contributed by atoms with E-state index in [1.807, 2.05) is 12.1 Å². The first-order valence-electron chi connectivity index (χ1n) is 12.8. The van der Waals surface area contributed by atoms with Gasteiger partial charge in [0, 0.05) is 44.6 Å². The number of nitro benzene ring substituents is 1. The van der Waals surface area contributed by atoms with E-state index in [0.717, 1.165) is 5.56 Å². The first-order chi connectivity index (χ1) is 19.3. The van der Waals surface area contributed by atoms with Gasteiger partial charge in [0.25, 0.3) is 5.69 Å². The van der Waals surface area contributed by atoms with Crippen LogP contribution in [0.1, 0.15) is 45.4 Å². The maximum Gasteiger partial charge on any atom is 0.282 e. The second-order valence-corrected chi connectivity index (χ2v) is 12.2. The van der Waals surface area contributed by atoms with Gasteiger partial charge in [-0.05, 0) is 42.2 Å². The molecule has 4 aromatic carbocycles. The van der Waals surface area contributed by atoms with Gasteiger partial charge in [-0.1, -0.05) is 72.3 Å². The molecule has 1 aliphatic heterocycles. The highest BCUT2D eigenvalue weighted by Crippen LogP contribution is 2.59. The molecule has 1 saturated carbocycles. The molecular formula is C31H23Cl2FN2O3S. The van der Waals surface area contributed by atoms with Crippen molar-refractivity contribution in [2.24, 2.45) is 5.92 Å². The minimum Gasteiger partial charge on any atom is -0.377 e. The fourth-order valence-electron chi connectivity index (χ4n) is 6.02. The van der Waals surface area contributed by atoms with Crippen LogP contribution in [0.15, 0.2) is 95.9 Å². The Kier molecular flexibility index (Phi) is 7.29. The Morgan fingerprint density at radius 1 is 0.975 bits per heavy atom. The number of carbonyl (C=O) groups is 1. The second-order valence-electron chi connectivity index (χ2n) is 10.0. The Morgan fingerprint density at radius 3 is 2.42 bits per heavy atom. The highest BCUT2D eigenvalue weighted by Gasteiger charge is 2.51. The monoisotopic (exact) mass is 592 g/mol. The molecular weight excluding hydrogens is 570 g/mol. The quantitative estimate of drug-likeness (QED) is 0.105. The SMILES string of the molecule is O=C(c1ccccc1)c1cc(Cl)cc2c1N[C@@H](c1ccccc1F)[C@H]1C[C@@H](Sc3ccccc3[N+](=O)[O-])[C@@H](Cl)[C@H]21. The molecule has 0 spiro atoms. The molecule has 6 rings (SSSR count). The summed E-state index contributed by atoms with van der Waals surface area (Å²) in [4.78, 5) is 25.5. The van der Waals surface area contributed by atoms with Crippen LogP contribution >= 0.6 is 35.0 Å². The lowest BCUT2D eigenvalue weighted by atomic mass is 9.76. The number of para-hydroxylation sites is 1. The Hall–Kier alpha value is -3.39. The molecule has 0 bridgehead atoms. The lowest BCUT2D eigenvalue weighted by Gasteiger charge is -2.39. The summed E-state index contributed by atoms with van der Waals surface area (Å²) < 4.78 is 15.2. The van der Waals surface area contributed by atoms with Crippen molar-refractivity contribution >= 4 is 52.1 Å². The lowest BCUT2D eigenvalue weighted by Crippen LogP contribution is -2.33. The third-order valence-corrected chi connectivity index (χ3v) is 10.1. The maximum absolute atomic E-state index is 15.2. The van der Waals surface area contributed by atoms with Crippen molar-refractivity contribution in [3.05, 3.63) is 134 Å². The van der Waals surface area contributed by atoms with Crippen molar-refractivity contribution in [2.75, 3.05) is 5.32 Å². The molecule has 4 aromatic rings. The molecule has 40 heavy (non-hydrogen) atoms. The molecule has 1 N–H and O–H groups in total. The third-order valence-electron chi connectivity index (χ3n) is 7.75. The van der Waals surface area contributed by atoms with Crippen LogP contribution in [-0.2, 0) is 0 Å². The molecule has 202 valence electrons. The predicted octanol–water partition coefficient (Wildman–Crippen LogP) is 8.66. The number of thioether (sulfide) groups is 1. The number of anilines is 1. The molecule has 0 aromatic heterocycles. The van der Waals surface area contributed by atoms with Crippen LogP contribution in [0, 0.1) is 21.8 Å². The minimum absolute atomic E-state index is 0.0224. The molecule has 2 aliphatic rings. The second kappa shape index (κ2) is 10.9. The van der Waals surface area contributed by atoms with Crippen molar-refractivity contribution in [1.82, 2.24) is 0 Å². The summed E-state index contributed by atoms with van der Waals surface area (Å²) in [5.41, 5.74) is 2.81. The van der Waals surface area contributed by atoms with Crippen LogP contribution in [0.3, 0.4) is 0 Å². The molecule has 1 heterocycles. The Morgan fingerprint density at radius 2 is 1.68 bits per heavy atom. The molecule has 0 unspecified atom stereocenters. The van der Waals surface area contributed by atoms with Crippen LogP contribution in [-0.4, -0.2) is 21.3 Å². The molecule has 0 radical (unpaired) electrons. The zero-order chi connectivity index (χ0) is 28.0. The fourth-order valence-corrected chi connectivity index (χ4v) is 8.19. The van der Waals surface area contributed by atoms with Gasteiger partial charge in [-0.15, -0.1) is 23.4 Å². The van der Waals surface area contributed by atoms with E-state index in [0.29, 0.717) is 38.7 Å². The molecule has 9 heteroatoms. The molecule has 0 saturated heterocycles. The number of benzene rings is 4. The first-order valence-corrected chi connectivity index (χ1v) is 14.5. The first kappa shape index (κ1) is 26.8. The van der Waals surface area contributed by atoms with Gasteiger partial charge >= 0.3 is 0 Å². The van der Waals surface area contributed by atoms with E-state index < -0.39 is 16.3 Å². The summed E-state index contributed by atoms with van der Waals surface area (Å²) in [6.07, 6.45) is 0.579. The number of fused-ring (bicyclic) bond motifs is 3. The topological polar surface area (TPSA) is 72.2 Å². The summed E-state index contributed by atoms with van der Waals surface area (Å²) in [6, 6.07) is 25.1. The molecule has 0 amide bonds. The van der Waals surface area contributed by atoms with Gasteiger partial charge in [0.2, 0.25) is 0 Å². The average Bonchev–Trinajstić information content (AvgIpc) is 3.29. The Bertz CT molecular complexity index is 1620. The van der Waals surface area contributed by atoms with Crippen LogP contribution < -0.4 is 5.32 Å². The largest absolute Gasteiger partial charge is 0.377 e. The maximum atomic E-state index is 15.2.